The molecule has 0 spiro atoms. The highest BCUT2D eigenvalue weighted by molar-refractivity contribution is 5.81. The lowest BCUT2D eigenvalue weighted by molar-refractivity contribution is 1.07. The van der Waals surface area contributed by atoms with Crippen LogP contribution in [-0.2, 0) is 6.54 Å². The van der Waals surface area contributed by atoms with E-state index in [0.29, 0.717) is 12.2 Å². The normalized spacial score (nSPS) is 10.5. The van der Waals surface area contributed by atoms with Crippen molar-refractivity contribution in [2.45, 2.75) is 6.54 Å². The van der Waals surface area contributed by atoms with Crippen molar-refractivity contribution in [2.24, 2.45) is 5.73 Å². The number of benzene rings is 1. The van der Waals surface area contributed by atoms with Gasteiger partial charge in [-0.2, -0.15) is 0 Å². The maximum absolute atomic E-state index is 5.62. The van der Waals surface area contributed by atoms with Crippen LogP contribution in [0.3, 0.4) is 0 Å². The van der Waals surface area contributed by atoms with Crippen LogP contribution in [0, 0.1) is 0 Å². The minimum Gasteiger partial charge on any atom is -0.397 e. The topological polar surface area (TPSA) is 64.9 Å². The molecule has 2 aromatic rings. The Labute approximate surface area is 76.4 Å². The van der Waals surface area contributed by atoms with Crippen LogP contribution in [0.1, 0.15) is 5.56 Å². The van der Waals surface area contributed by atoms with Crippen molar-refractivity contribution in [3.05, 3.63) is 36.0 Å². The average Bonchev–Trinajstić information content (AvgIpc) is 2.16. The Balaban J connectivity index is 2.68. The summed E-state index contributed by atoms with van der Waals surface area (Å²) < 4.78 is 0. The molecule has 3 heteroatoms. The van der Waals surface area contributed by atoms with Crippen LogP contribution < -0.4 is 11.5 Å². The van der Waals surface area contributed by atoms with E-state index in [0.717, 1.165) is 16.5 Å². The van der Waals surface area contributed by atoms with Crippen LogP contribution in [-0.4, -0.2) is 4.98 Å². The number of hydrogen-bond donors (Lipinski definition) is 2. The highest BCUT2D eigenvalue weighted by Gasteiger charge is 1.96. The molecule has 0 bridgehead atoms. The number of aromatic nitrogens is 1. The van der Waals surface area contributed by atoms with Gasteiger partial charge in [-0.15, -0.1) is 0 Å². The maximum Gasteiger partial charge on any atom is 0.0703 e. The molecule has 0 amide bonds. The fraction of sp³-hybridized carbons (Fsp3) is 0.100. The van der Waals surface area contributed by atoms with Gasteiger partial charge in [0.25, 0.3) is 0 Å². The van der Waals surface area contributed by atoms with Crippen LogP contribution in [0.15, 0.2) is 30.5 Å². The number of rotatable bonds is 1. The first-order chi connectivity index (χ1) is 6.29. The summed E-state index contributed by atoms with van der Waals surface area (Å²) in [6.07, 6.45) is 1.66. The summed E-state index contributed by atoms with van der Waals surface area (Å²) in [6, 6.07) is 7.85. The Morgan fingerprint density at radius 1 is 1.23 bits per heavy atom. The lowest BCUT2D eigenvalue weighted by Gasteiger charge is -2.01. The zero-order chi connectivity index (χ0) is 9.26. The third-order valence-corrected chi connectivity index (χ3v) is 2.00. The summed E-state index contributed by atoms with van der Waals surface area (Å²) in [5, 5.41) is 1.04. The fourth-order valence-corrected chi connectivity index (χ4v) is 1.33. The molecular formula is C10H11N3. The molecule has 2 rings (SSSR count). The number of nitrogens with two attached hydrogens (primary N) is 2. The van der Waals surface area contributed by atoms with Crippen molar-refractivity contribution < 1.29 is 0 Å². The van der Waals surface area contributed by atoms with E-state index < -0.39 is 0 Å². The van der Waals surface area contributed by atoms with E-state index in [-0.39, 0.29) is 0 Å². The van der Waals surface area contributed by atoms with E-state index in [4.69, 9.17) is 11.5 Å². The van der Waals surface area contributed by atoms with Crippen molar-refractivity contribution in [3.8, 4) is 0 Å². The van der Waals surface area contributed by atoms with Crippen molar-refractivity contribution in [1.29, 1.82) is 0 Å². The van der Waals surface area contributed by atoms with Crippen molar-refractivity contribution in [3.63, 3.8) is 0 Å². The Kier molecular flexibility index (Phi) is 1.87. The van der Waals surface area contributed by atoms with Gasteiger partial charge < -0.3 is 11.5 Å². The highest BCUT2D eigenvalue weighted by Crippen LogP contribution is 2.15. The Morgan fingerprint density at radius 3 is 2.85 bits per heavy atom. The maximum atomic E-state index is 5.62. The molecule has 1 heterocycles. The van der Waals surface area contributed by atoms with Crippen LogP contribution in [0.4, 0.5) is 5.69 Å². The van der Waals surface area contributed by atoms with E-state index in [9.17, 15) is 0 Å². The predicted octanol–water partition coefficient (Wildman–Crippen LogP) is 1.28. The standard InChI is InChI=1S/C10H11N3/c11-5-7-1-2-10-8(3-7)4-9(12)6-13-10/h1-4,6H,5,11-12H2. The van der Waals surface area contributed by atoms with E-state index in [1.165, 1.54) is 0 Å². The van der Waals surface area contributed by atoms with E-state index in [1.54, 1.807) is 6.20 Å². The molecule has 13 heavy (non-hydrogen) atoms. The van der Waals surface area contributed by atoms with Crippen molar-refractivity contribution >= 4 is 16.6 Å². The van der Waals surface area contributed by atoms with Gasteiger partial charge in [-0.05, 0) is 23.8 Å². The van der Waals surface area contributed by atoms with Crippen LogP contribution in [0.5, 0.6) is 0 Å². The van der Waals surface area contributed by atoms with E-state index in [1.807, 2.05) is 24.3 Å². The number of nitrogens with zero attached hydrogens (tertiary/aromatic N) is 1. The molecule has 1 aromatic heterocycles. The van der Waals surface area contributed by atoms with Crippen molar-refractivity contribution in [2.75, 3.05) is 5.73 Å². The molecule has 0 atom stereocenters. The minimum absolute atomic E-state index is 0.546. The average molecular weight is 173 g/mol. The van der Waals surface area contributed by atoms with Gasteiger partial charge >= 0.3 is 0 Å². The first-order valence-electron chi connectivity index (χ1n) is 4.14. The molecule has 4 N–H and O–H groups in total. The van der Waals surface area contributed by atoms with Gasteiger partial charge in [-0.25, -0.2) is 0 Å². The smallest absolute Gasteiger partial charge is 0.0703 e. The number of hydrogen-bond acceptors (Lipinski definition) is 3. The first-order valence-corrected chi connectivity index (χ1v) is 4.14. The fourth-order valence-electron chi connectivity index (χ4n) is 1.33. The minimum atomic E-state index is 0.546. The molecule has 0 saturated carbocycles. The molecule has 0 radical (unpaired) electrons. The van der Waals surface area contributed by atoms with Crippen molar-refractivity contribution in [1.82, 2.24) is 4.98 Å². The SMILES string of the molecule is NCc1ccc2ncc(N)cc2c1. The second-order valence-corrected chi connectivity index (χ2v) is 3.00. The summed E-state index contributed by atoms with van der Waals surface area (Å²) in [7, 11) is 0. The molecule has 0 aliphatic rings. The van der Waals surface area contributed by atoms with Crippen LogP contribution in [0.25, 0.3) is 10.9 Å². The third-order valence-electron chi connectivity index (χ3n) is 2.00. The highest BCUT2D eigenvalue weighted by atomic mass is 14.7. The number of anilines is 1. The summed E-state index contributed by atoms with van der Waals surface area (Å²) in [5.74, 6) is 0. The van der Waals surface area contributed by atoms with Gasteiger partial charge in [0, 0.05) is 11.9 Å². The Hall–Kier alpha value is -1.61. The monoisotopic (exact) mass is 173 g/mol. The summed E-state index contributed by atoms with van der Waals surface area (Å²) in [4.78, 5) is 4.19. The summed E-state index contributed by atoms with van der Waals surface area (Å²) in [5.41, 5.74) is 13.9. The molecular weight excluding hydrogens is 162 g/mol. The largest absolute Gasteiger partial charge is 0.397 e. The molecule has 0 saturated heterocycles. The van der Waals surface area contributed by atoms with E-state index >= 15 is 0 Å². The van der Waals surface area contributed by atoms with Gasteiger partial charge in [0.1, 0.15) is 0 Å². The molecule has 3 nitrogen and oxygen atoms in total. The van der Waals surface area contributed by atoms with Gasteiger partial charge in [0.15, 0.2) is 0 Å². The van der Waals surface area contributed by atoms with Crippen LogP contribution in [0.2, 0.25) is 0 Å². The molecule has 0 aliphatic carbocycles. The van der Waals surface area contributed by atoms with E-state index in [2.05, 4.69) is 4.98 Å². The second-order valence-electron chi connectivity index (χ2n) is 3.00. The van der Waals surface area contributed by atoms with Gasteiger partial charge in [-0.1, -0.05) is 6.07 Å². The summed E-state index contributed by atoms with van der Waals surface area (Å²) >= 11 is 0. The molecule has 66 valence electrons. The molecule has 0 unspecified atom stereocenters. The van der Waals surface area contributed by atoms with Gasteiger partial charge in [0.05, 0.1) is 17.4 Å². The molecule has 1 aromatic carbocycles. The Bertz CT molecular complexity index is 437. The van der Waals surface area contributed by atoms with Crippen LogP contribution >= 0.6 is 0 Å². The molecule has 0 fully saturated rings. The zero-order valence-corrected chi connectivity index (χ0v) is 7.20. The number of pyridine rings is 1. The lowest BCUT2D eigenvalue weighted by Crippen LogP contribution is -1.96. The third kappa shape index (κ3) is 1.46. The van der Waals surface area contributed by atoms with Gasteiger partial charge in [0.2, 0.25) is 0 Å². The quantitative estimate of drug-likeness (QED) is 0.682. The summed E-state index contributed by atoms with van der Waals surface area (Å²) in [6.45, 7) is 0.546. The Morgan fingerprint density at radius 2 is 2.08 bits per heavy atom. The number of nitrogen functional groups attached to an aromatic ring is 1. The zero-order valence-electron chi connectivity index (χ0n) is 7.20. The molecule has 0 aliphatic heterocycles. The first kappa shape index (κ1) is 8.01. The predicted molar refractivity (Wildman–Crippen MR) is 54.0 cm³/mol. The lowest BCUT2D eigenvalue weighted by atomic mass is 10.1. The van der Waals surface area contributed by atoms with Gasteiger partial charge in [-0.3, -0.25) is 4.98 Å². The second kappa shape index (κ2) is 3.03. The number of fused-ring (bicyclic) bond motifs is 1.